The van der Waals surface area contributed by atoms with Crippen molar-refractivity contribution in [2.24, 2.45) is 0 Å². The number of nitriles is 1. The first-order chi connectivity index (χ1) is 9.11. The van der Waals surface area contributed by atoms with E-state index in [-0.39, 0.29) is 10.6 Å². The molecular formula is C13H12ClNO4. The Morgan fingerprint density at radius 1 is 1.47 bits per heavy atom. The third kappa shape index (κ3) is 3.09. The molecule has 1 aliphatic heterocycles. The molecular weight excluding hydrogens is 270 g/mol. The predicted molar refractivity (Wildman–Crippen MR) is 67.5 cm³/mol. The first-order valence-electron chi connectivity index (χ1n) is 5.81. The molecule has 1 aliphatic rings. The lowest BCUT2D eigenvalue weighted by molar-refractivity contribution is 0.0435. The van der Waals surface area contributed by atoms with Crippen molar-refractivity contribution >= 4 is 17.6 Å². The molecule has 0 unspecified atom stereocenters. The van der Waals surface area contributed by atoms with Crippen molar-refractivity contribution in [3.05, 3.63) is 22.7 Å². The van der Waals surface area contributed by atoms with Gasteiger partial charge in [-0.2, -0.15) is 5.26 Å². The summed E-state index contributed by atoms with van der Waals surface area (Å²) < 4.78 is 15.8. The number of carbonyl (C=O) groups is 1. The SMILES string of the molecule is C[C@H](C#N)OC(=O)c1cc(Cl)c2c(c1)OCCCO2. The number of hydrogen-bond acceptors (Lipinski definition) is 5. The Kier molecular flexibility index (Phi) is 4.13. The zero-order valence-corrected chi connectivity index (χ0v) is 11.1. The van der Waals surface area contributed by atoms with Gasteiger partial charge in [-0.1, -0.05) is 11.6 Å². The predicted octanol–water partition coefficient (Wildman–Crippen LogP) is 2.57. The van der Waals surface area contributed by atoms with E-state index in [0.29, 0.717) is 24.7 Å². The number of nitrogens with zero attached hydrogens (tertiary/aromatic N) is 1. The highest BCUT2D eigenvalue weighted by molar-refractivity contribution is 6.32. The van der Waals surface area contributed by atoms with Crippen LogP contribution in [0.3, 0.4) is 0 Å². The van der Waals surface area contributed by atoms with Gasteiger partial charge in [0.15, 0.2) is 17.6 Å². The van der Waals surface area contributed by atoms with Crippen molar-refractivity contribution in [3.63, 3.8) is 0 Å². The third-order valence-corrected chi connectivity index (χ3v) is 2.78. The maximum atomic E-state index is 11.8. The molecule has 0 N–H and O–H groups in total. The fourth-order valence-electron chi connectivity index (χ4n) is 1.60. The molecule has 2 rings (SSSR count). The first kappa shape index (κ1) is 13.5. The molecule has 1 aromatic rings. The summed E-state index contributed by atoms with van der Waals surface area (Å²) in [4.78, 5) is 11.8. The molecule has 100 valence electrons. The van der Waals surface area contributed by atoms with Crippen molar-refractivity contribution < 1.29 is 19.0 Å². The van der Waals surface area contributed by atoms with Crippen LogP contribution in [0.15, 0.2) is 12.1 Å². The Morgan fingerprint density at radius 2 is 2.21 bits per heavy atom. The summed E-state index contributed by atoms with van der Waals surface area (Å²) in [6, 6.07) is 4.78. The van der Waals surface area contributed by atoms with Crippen LogP contribution >= 0.6 is 11.6 Å². The van der Waals surface area contributed by atoms with Crippen LogP contribution < -0.4 is 9.47 Å². The molecule has 5 nitrogen and oxygen atoms in total. The average Bonchev–Trinajstić information content (AvgIpc) is 2.63. The van der Waals surface area contributed by atoms with E-state index in [1.165, 1.54) is 19.1 Å². The standard InChI is InChI=1S/C13H12ClNO4/c1-8(7-15)19-13(16)9-5-10(14)12-11(6-9)17-3-2-4-18-12/h5-6,8H,2-4H2,1H3/t8-/m1/s1. The van der Waals surface area contributed by atoms with Crippen LogP contribution in [0.1, 0.15) is 23.7 Å². The van der Waals surface area contributed by atoms with Gasteiger partial charge < -0.3 is 14.2 Å². The normalized spacial score (nSPS) is 15.0. The lowest BCUT2D eigenvalue weighted by Crippen LogP contribution is -2.13. The van der Waals surface area contributed by atoms with Crippen molar-refractivity contribution in [1.82, 2.24) is 0 Å². The van der Waals surface area contributed by atoms with E-state index in [1.807, 2.05) is 6.07 Å². The molecule has 0 spiro atoms. The smallest absolute Gasteiger partial charge is 0.339 e. The Hall–Kier alpha value is -1.93. The van der Waals surface area contributed by atoms with Crippen LogP contribution in [0.5, 0.6) is 11.5 Å². The Labute approximate surface area is 115 Å². The molecule has 6 heteroatoms. The summed E-state index contributed by atoms with van der Waals surface area (Å²) in [5.74, 6) is 0.234. The summed E-state index contributed by atoms with van der Waals surface area (Å²) in [7, 11) is 0. The van der Waals surface area contributed by atoms with Crippen molar-refractivity contribution in [3.8, 4) is 17.6 Å². The highest BCUT2D eigenvalue weighted by atomic mass is 35.5. The van der Waals surface area contributed by atoms with Crippen molar-refractivity contribution in [2.45, 2.75) is 19.4 Å². The molecule has 0 fully saturated rings. The minimum atomic E-state index is -0.817. The highest BCUT2D eigenvalue weighted by Gasteiger charge is 2.20. The first-order valence-corrected chi connectivity index (χ1v) is 6.19. The number of halogens is 1. The quantitative estimate of drug-likeness (QED) is 0.779. The molecule has 0 saturated carbocycles. The Balaban J connectivity index is 2.28. The topological polar surface area (TPSA) is 68.5 Å². The summed E-state index contributed by atoms with van der Waals surface area (Å²) in [6.07, 6.45) is -0.0711. The van der Waals surface area contributed by atoms with E-state index >= 15 is 0 Å². The van der Waals surface area contributed by atoms with Gasteiger partial charge in [-0.3, -0.25) is 0 Å². The second-order valence-corrected chi connectivity index (χ2v) is 4.42. The molecule has 19 heavy (non-hydrogen) atoms. The van der Waals surface area contributed by atoms with Gasteiger partial charge in [-0.05, 0) is 19.1 Å². The van der Waals surface area contributed by atoms with E-state index in [1.54, 1.807) is 0 Å². The summed E-state index contributed by atoms with van der Waals surface area (Å²) in [6.45, 7) is 2.50. The molecule has 0 saturated heterocycles. The number of fused-ring (bicyclic) bond motifs is 1. The zero-order chi connectivity index (χ0) is 13.8. The lowest BCUT2D eigenvalue weighted by atomic mass is 10.2. The van der Waals surface area contributed by atoms with Gasteiger partial charge in [0, 0.05) is 6.42 Å². The van der Waals surface area contributed by atoms with Gasteiger partial charge in [-0.25, -0.2) is 4.79 Å². The van der Waals surface area contributed by atoms with Crippen LogP contribution in [0.4, 0.5) is 0 Å². The van der Waals surface area contributed by atoms with Crippen LogP contribution in [0.25, 0.3) is 0 Å². The Morgan fingerprint density at radius 3 is 2.95 bits per heavy atom. The van der Waals surface area contributed by atoms with Gasteiger partial charge in [0.2, 0.25) is 0 Å². The van der Waals surface area contributed by atoms with Crippen molar-refractivity contribution in [2.75, 3.05) is 13.2 Å². The third-order valence-electron chi connectivity index (χ3n) is 2.50. The summed E-state index contributed by atoms with van der Waals surface area (Å²) in [5, 5.41) is 8.90. The van der Waals surface area contributed by atoms with Crippen molar-refractivity contribution in [1.29, 1.82) is 5.26 Å². The number of carbonyl (C=O) groups excluding carboxylic acids is 1. The minimum absolute atomic E-state index is 0.233. The molecule has 1 aromatic carbocycles. The largest absolute Gasteiger partial charge is 0.489 e. The average molecular weight is 282 g/mol. The summed E-state index contributed by atoms with van der Waals surface area (Å²) in [5.41, 5.74) is 0.233. The van der Waals surface area contributed by atoms with E-state index < -0.39 is 12.1 Å². The maximum Gasteiger partial charge on any atom is 0.339 e. The number of ether oxygens (including phenoxy) is 3. The molecule has 0 radical (unpaired) electrons. The van der Waals surface area contributed by atoms with E-state index in [4.69, 9.17) is 31.1 Å². The van der Waals surface area contributed by atoms with Gasteiger partial charge in [-0.15, -0.1) is 0 Å². The Bertz CT molecular complexity index is 538. The lowest BCUT2D eigenvalue weighted by Gasteiger charge is -2.11. The maximum absolute atomic E-state index is 11.8. The number of rotatable bonds is 2. The van der Waals surface area contributed by atoms with E-state index in [9.17, 15) is 4.79 Å². The van der Waals surface area contributed by atoms with Gasteiger partial charge >= 0.3 is 5.97 Å². The fourth-order valence-corrected chi connectivity index (χ4v) is 1.87. The molecule has 1 heterocycles. The number of hydrogen-bond donors (Lipinski definition) is 0. The fraction of sp³-hybridized carbons (Fsp3) is 0.385. The molecule has 1 atom stereocenters. The second kappa shape index (κ2) is 5.81. The van der Waals surface area contributed by atoms with Gasteiger partial charge in [0.1, 0.15) is 6.07 Å². The monoisotopic (exact) mass is 281 g/mol. The van der Waals surface area contributed by atoms with E-state index in [0.717, 1.165) is 6.42 Å². The van der Waals surface area contributed by atoms with Crippen LogP contribution in [0, 0.1) is 11.3 Å². The van der Waals surface area contributed by atoms with Crippen LogP contribution in [-0.2, 0) is 4.74 Å². The molecule has 0 bridgehead atoms. The van der Waals surface area contributed by atoms with Gasteiger partial charge in [0.05, 0.1) is 23.8 Å². The van der Waals surface area contributed by atoms with Crippen LogP contribution in [-0.4, -0.2) is 25.3 Å². The zero-order valence-electron chi connectivity index (χ0n) is 10.3. The van der Waals surface area contributed by atoms with E-state index in [2.05, 4.69) is 0 Å². The molecule has 0 aromatic heterocycles. The van der Waals surface area contributed by atoms with Gasteiger partial charge in [0.25, 0.3) is 0 Å². The minimum Gasteiger partial charge on any atom is -0.489 e. The molecule has 0 aliphatic carbocycles. The molecule has 0 amide bonds. The highest BCUT2D eigenvalue weighted by Crippen LogP contribution is 2.38. The second-order valence-electron chi connectivity index (χ2n) is 4.01. The van der Waals surface area contributed by atoms with Crippen LogP contribution in [0.2, 0.25) is 5.02 Å². The number of esters is 1. The number of benzene rings is 1. The summed E-state index contributed by atoms with van der Waals surface area (Å²) >= 11 is 6.06.